The van der Waals surface area contributed by atoms with Crippen molar-refractivity contribution < 1.29 is 17.9 Å². The monoisotopic (exact) mass is 461 g/mol. The fourth-order valence-corrected chi connectivity index (χ4v) is 5.37. The Morgan fingerprint density at radius 3 is 2.53 bits per heavy atom. The van der Waals surface area contributed by atoms with E-state index in [0.717, 1.165) is 24.3 Å². The Morgan fingerprint density at radius 2 is 1.88 bits per heavy atom. The predicted octanol–water partition coefficient (Wildman–Crippen LogP) is 1.95. The third-order valence-electron chi connectivity index (χ3n) is 5.87. The molecule has 2 heterocycles. The van der Waals surface area contributed by atoms with E-state index in [1.165, 1.54) is 15.2 Å². The van der Waals surface area contributed by atoms with E-state index in [2.05, 4.69) is 15.3 Å². The number of para-hydroxylation sites is 2. The standard InChI is InChI=1S/C22H31N5O4S/c1-3-26-16-18(21(28)23-15-17-9-10-17)22(24-26)32(29,30)27-13-11-25(12-14-27)19-7-5-6-8-20(19)31-4-2/h5-8,16-17H,3-4,9-15H2,1-2H3,(H,23,28). The summed E-state index contributed by atoms with van der Waals surface area (Å²) < 4.78 is 35.5. The zero-order valence-electron chi connectivity index (χ0n) is 18.7. The maximum atomic E-state index is 13.4. The Kier molecular flexibility index (Phi) is 6.71. The number of hydrogen-bond acceptors (Lipinski definition) is 6. The molecule has 4 rings (SSSR count). The second kappa shape index (κ2) is 9.50. The molecule has 2 aliphatic rings. The highest BCUT2D eigenvalue weighted by Gasteiger charge is 2.35. The van der Waals surface area contributed by atoms with Gasteiger partial charge in [0, 0.05) is 45.5 Å². The Balaban J connectivity index is 1.50. The molecule has 1 saturated carbocycles. The zero-order valence-corrected chi connectivity index (χ0v) is 19.5. The molecule has 2 aromatic rings. The molecule has 9 nitrogen and oxygen atoms in total. The third kappa shape index (κ3) is 4.75. The molecule has 1 N–H and O–H groups in total. The number of hydrogen-bond donors (Lipinski definition) is 1. The molecule has 1 aliphatic heterocycles. The van der Waals surface area contributed by atoms with Gasteiger partial charge in [-0.2, -0.15) is 9.40 Å². The number of aryl methyl sites for hydroxylation is 1. The summed E-state index contributed by atoms with van der Waals surface area (Å²) in [5.41, 5.74) is 1.08. The van der Waals surface area contributed by atoms with Crippen LogP contribution in [0.2, 0.25) is 0 Å². The second-order valence-electron chi connectivity index (χ2n) is 8.15. The number of amides is 1. The summed E-state index contributed by atoms with van der Waals surface area (Å²) in [5.74, 6) is 0.926. The van der Waals surface area contributed by atoms with Gasteiger partial charge in [-0.3, -0.25) is 9.48 Å². The summed E-state index contributed by atoms with van der Waals surface area (Å²) in [6.07, 6.45) is 3.75. The van der Waals surface area contributed by atoms with Crippen molar-refractivity contribution >= 4 is 21.6 Å². The Morgan fingerprint density at radius 1 is 1.16 bits per heavy atom. The molecule has 0 atom stereocenters. The molecule has 0 radical (unpaired) electrons. The summed E-state index contributed by atoms with van der Waals surface area (Å²) in [6, 6.07) is 7.78. The highest BCUT2D eigenvalue weighted by molar-refractivity contribution is 7.89. The van der Waals surface area contributed by atoms with Crippen LogP contribution in [0.1, 0.15) is 37.0 Å². The average Bonchev–Trinajstić information content (AvgIpc) is 3.53. The van der Waals surface area contributed by atoms with Crippen LogP contribution in [-0.2, 0) is 16.6 Å². The lowest BCUT2D eigenvalue weighted by Gasteiger charge is -2.35. The number of anilines is 1. The minimum absolute atomic E-state index is 0.122. The molecular weight excluding hydrogens is 430 g/mol. The molecule has 1 aromatic heterocycles. The first-order valence-corrected chi connectivity index (χ1v) is 12.7. The van der Waals surface area contributed by atoms with Crippen LogP contribution in [-0.4, -0.2) is 67.7 Å². The minimum Gasteiger partial charge on any atom is -0.492 e. The maximum absolute atomic E-state index is 13.4. The molecule has 2 fully saturated rings. The predicted molar refractivity (Wildman–Crippen MR) is 122 cm³/mol. The van der Waals surface area contributed by atoms with E-state index < -0.39 is 10.0 Å². The highest BCUT2D eigenvalue weighted by atomic mass is 32.2. The number of carbonyl (C=O) groups excluding carboxylic acids is 1. The fraction of sp³-hybridized carbons (Fsp3) is 0.545. The van der Waals surface area contributed by atoms with Crippen molar-refractivity contribution in [2.75, 3.05) is 44.2 Å². The maximum Gasteiger partial charge on any atom is 0.263 e. The van der Waals surface area contributed by atoms with E-state index >= 15 is 0 Å². The van der Waals surface area contributed by atoms with Crippen LogP contribution in [0.5, 0.6) is 5.75 Å². The van der Waals surface area contributed by atoms with Crippen molar-refractivity contribution in [2.45, 2.75) is 38.3 Å². The number of rotatable bonds is 9. The molecule has 0 unspecified atom stereocenters. The topological polar surface area (TPSA) is 96.8 Å². The minimum atomic E-state index is -3.89. The molecule has 1 aromatic carbocycles. The summed E-state index contributed by atoms with van der Waals surface area (Å²) in [6.45, 7) is 7.11. The van der Waals surface area contributed by atoms with Crippen molar-refractivity contribution in [1.82, 2.24) is 19.4 Å². The van der Waals surface area contributed by atoms with Crippen molar-refractivity contribution in [1.29, 1.82) is 0 Å². The van der Waals surface area contributed by atoms with Crippen LogP contribution in [0.3, 0.4) is 0 Å². The van der Waals surface area contributed by atoms with Gasteiger partial charge in [0.1, 0.15) is 5.75 Å². The van der Waals surface area contributed by atoms with Crippen LogP contribution in [0.15, 0.2) is 35.5 Å². The Bertz CT molecular complexity index is 1060. The van der Waals surface area contributed by atoms with E-state index in [9.17, 15) is 13.2 Å². The van der Waals surface area contributed by atoms with Crippen LogP contribution in [0.4, 0.5) is 5.69 Å². The lowest BCUT2D eigenvalue weighted by molar-refractivity contribution is 0.0948. The normalized spacial score (nSPS) is 17.4. The van der Waals surface area contributed by atoms with Gasteiger partial charge in [0.2, 0.25) is 5.03 Å². The van der Waals surface area contributed by atoms with Crippen molar-refractivity contribution in [3.05, 3.63) is 36.0 Å². The Hall–Kier alpha value is -2.59. The highest BCUT2D eigenvalue weighted by Crippen LogP contribution is 2.30. The SMILES string of the molecule is CCOc1ccccc1N1CCN(S(=O)(=O)c2nn(CC)cc2C(=O)NCC2CC2)CC1. The van der Waals surface area contributed by atoms with Crippen LogP contribution >= 0.6 is 0 Å². The van der Waals surface area contributed by atoms with Gasteiger partial charge in [0.15, 0.2) is 0 Å². The van der Waals surface area contributed by atoms with Gasteiger partial charge in [0.25, 0.3) is 15.9 Å². The summed E-state index contributed by atoms with van der Waals surface area (Å²) >= 11 is 0. The third-order valence-corrected chi connectivity index (χ3v) is 7.71. The lowest BCUT2D eigenvalue weighted by atomic mass is 10.2. The quantitative estimate of drug-likeness (QED) is 0.613. The summed E-state index contributed by atoms with van der Waals surface area (Å²) in [7, 11) is -3.89. The molecular formula is C22H31N5O4S. The largest absolute Gasteiger partial charge is 0.492 e. The number of carbonyl (C=O) groups is 1. The molecule has 0 bridgehead atoms. The lowest BCUT2D eigenvalue weighted by Crippen LogP contribution is -2.49. The second-order valence-corrected chi connectivity index (χ2v) is 10.0. The summed E-state index contributed by atoms with van der Waals surface area (Å²) in [5, 5.41) is 6.95. The van der Waals surface area contributed by atoms with Crippen LogP contribution in [0, 0.1) is 5.92 Å². The van der Waals surface area contributed by atoms with Gasteiger partial charge in [-0.05, 0) is 44.7 Å². The van der Waals surface area contributed by atoms with E-state index in [1.807, 2.05) is 38.1 Å². The number of benzene rings is 1. The van der Waals surface area contributed by atoms with Gasteiger partial charge in [-0.25, -0.2) is 8.42 Å². The Labute approximate surface area is 189 Å². The van der Waals surface area contributed by atoms with E-state index in [0.29, 0.717) is 51.8 Å². The first kappa shape index (κ1) is 22.6. The number of sulfonamides is 1. The van der Waals surface area contributed by atoms with Gasteiger partial charge in [-0.15, -0.1) is 0 Å². The first-order chi connectivity index (χ1) is 15.4. The number of aromatic nitrogens is 2. The molecule has 1 saturated heterocycles. The molecule has 32 heavy (non-hydrogen) atoms. The summed E-state index contributed by atoms with van der Waals surface area (Å²) in [4.78, 5) is 14.9. The average molecular weight is 462 g/mol. The van der Waals surface area contributed by atoms with E-state index in [-0.39, 0.29) is 16.5 Å². The van der Waals surface area contributed by atoms with Gasteiger partial charge in [0.05, 0.1) is 17.9 Å². The molecule has 10 heteroatoms. The molecule has 0 spiro atoms. The number of piperazine rings is 1. The molecule has 174 valence electrons. The smallest absolute Gasteiger partial charge is 0.263 e. The fourth-order valence-electron chi connectivity index (χ4n) is 3.85. The molecule has 1 aliphatic carbocycles. The van der Waals surface area contributed by atoms with Gasteiger partial charge in [-0.1, -0.05) is 12.1 Å². The van der Waals surface area contributed by atoms with Crippen molar-refractivity contribution in [3.8, 4) is 5.75 Å². The van der Waals surface area contributed by atoms with Crippen LogP contribution in [0.25, 0.3) is 0 Å². The van der Waals surface area contributed by atoms with E-state index in [1.54, 1.807) is 0 Å². The van der Waals surface area contributed by atoms with E-state index in [4.69, 9.17) is 4.74 Å². The van der Waals surface area contributed by atoms with Crippen molar-refractivity contribution in [3.63, 3.8) is 0 Å². The zero-order chi connectivity index (χ0) is 22.7. The number of ether oxygens (including phenoxy) is 1. The first-order valence-electron chi connectivity index (χ1n) is 11.3. The number of nitrogens with zero attached hydrogens (tertiary/aromatic N) is 4. The van der Waals surface area contributed by atoms with Gasteiger partial charge >= 0.3 is 0 Å². The van der Waals surface area contributed by atoms with Crippen LogP contribution < -0.4 is 15.0 Å². The molecule has 1 amide bonds. The van der Waals surface area contributed by atoms with Gasteiger partial charge < -0.3 is 15.0 Å². The van der Waals surface area contributed by atoms with Crippen molar-refractivity contribution in [2.24, 2.45) is 5.92 Å². The number of nitrogens with one attached hydrogen (secondary N) is 1.